The molecular weight excluding hydrogens is 244 g/mol. The predicted octanol–water partition coefficient (Wildman–Crippen LogP) is 3.46. The van der Waals surface area contributed by atoms with Crippen molar-refractivity contribution in [2.75, 3.05) is 6.54 Å². The molecular formula is C18H22N2. The fraction of sp³-hybridized carbons (Fsp3) is 0.389. The molecule has 1 aromatic heterocycles. The Bertz CT molecular complexity index is 560. The van der Waals surface area contributed by atoms with E-state index in [2.05, 4.69) is 53.6 Å². The van der Waals surface area contributed by atoms with Gasteiger partial charge in [0, 0.05) is 25.0 Å². The van der Waals surface area contributed by atoms with Gasteiger partial charge in [-0.15, -0.1) is 0 Å². The van der Waals surface area contributed by atoms with Gasteiger partial charge in [-0.05, 0) is 47.9 Å². The van der Waals surface area contributed by atoms with Gasteiger partial charge in [0.1, 0.15) is 0 Å². The Morgan fingerprint density at radius 3 is 2.90 bits per heavy atom. The summed E-state index contributed by atoms with van der Waals surface area (Å²) in [7, 11) is 0. The van der Waals surface area contributed by atoms with Crippen LogP contribution in [-0.4, -0.2) is 11.5 Å². The number of hydrogen-bond acceptors (Lipinski definition) is 2. The maximum atomic E-state index is 4.57. The molecule has 0 saturated heterocycles. The number of nitrogens with zero attached hydrogens (tertiary/aromatic N) is 1. The summed E-state index contributed by atoms with van der Waals surface area (Å²) in [4.78, 5) is 4.57. The van der Waals surface area contributed by atoms with Crippen LogP contribution in [-0.2, 0) is 19.4 Å². The standard InChI is InChI=1S/C18H22N2/c1-2-14-7-9-17(20-11-14)10-8-16-13-19-12-15-5-3-4-6-18(15)16/h3-7,9,11,16,19H,2,8,10,12-13H2,1H3. The first-order chi connectivity index (χ1) is 9.86. The molecule has 1 aromatic carbocycles. The van der Waals surface area contributed by atoms with Gasteiger partial charge in [-0.1, -0.05) is 37.3 Å². The summed E-state index contributed by atoms with van der Waals surface area (Å²) >= 11 is 0. The van der Waals surface area contributed by atoms with Gasteiger partial charge in [0.05, 0.1) is 0 Å². The second-order valence-corrected chi connectivity index (χ2v) is 5.58. The van der Waals surface area contributed by atoms with E-state index in [-0.39, 0.29) is 0 Å². The average molecular weight is 266 g/mol. The molecule has 2 heterocycles. The first kappa shape index (κ1) is 13.3. The number of pyridine rings is 1. The van der Waals surface area contributed by atoms with Crippen LogP contribution in [0.1, 0.15) is 41.6 Å². The summed E-state index contributed by atoms with van der Waals surface area (Å²) < 4.78 is 0. The van der Waals surface area contributed by atoms with Gasteiger partial charge >= 0.3 is 0 Å². The lowest BCUT2D eigenvalue weighted by molar-refractivity contribution is 0.512. The van der Waals surface area contributed by atoms with Crippen LogP contribution in [0.3, 0.4) is 0 Å². The van der Waals surface area contributed by atoms with E-state index in [4.69, 9.17) is 0 Å². The number of benzene rings is 1. The third-order valence-electron chi connectivity index (χ3n) is 4.24. The van der Waals surface area contributed by atoms with E-state index >= 15 is 0 Å². The fourth-order valence-corrected chi connectivity index (χ4v) is 2.98. The Labute approximate surface area is 121 Å². The Kier molecular flexibility index (Phi) is 4.12. The van der Waals surface area contributed by atoms with Crippen molar-refractivity contribution in [3.63, 3.8) is 0 Å². The summed E-state index contributed by atoms with van der Waals surface area (Å²) in [5.41, 5.74) is 5.51. The van der Waals surface area contributed by atoms with Crippen LogP contribution in [0, 0.1) is 0 Å². The van der Waals surface area contributed by atoms with Gasteiger partial charge < -0.3 is 5.32 Å². The highest BCUT2D eigenvalue weighted by atomic mass is 14.9. The Hall–Kier alpha value is -1.67. The summed E-state index contributed by atoms with van der Waals surface area (Å²) in [6, 6.07) is 13.2. The zero-order chi connectivity index (χ0) is 13.8. The molecule has 0 bridgehead atoms. The number of aromatic nitrogens is 1. The van der Waals surface area contributed by atoms with Gasteiger partial charge in [-0.3, -0.25) is 4.98 Å². The molecule has 0 fully saturated rings. The molecule has 3 rings (SSSR count). The van der Waals surface area contributed by atoms with E-state index in [0.717, 1.165) is 25.9 Å². The van der Waals surface area contributed by atoms with Gasteiger partial charge in [0.15, 0.2) is 0 Å². The van der Waals surface area contributed by atoms with Crippen molar-refractivity contribution in [1.29, 1.82) is 0 Å². The van der Waals surface area contributed by atoms with Crippen molar-refractivity contribution in [2.24, 2.45) is 0 Å². The zero-order valence-corrected chi connectivity index (χ0v) is 12.1. The number of nitrogens with one attached hydrogen (secondary N) is 1. The average Bonchev–Trinajstić information content (AvgIpc) is 2.53. The third kappa shape index (κ3) is 2.91. The van der Waals surface area contributed by atoms with Crippen LogP contribution in [0.2, 0.25) is 0 Å². The molecule has 0 radical (unpaired) electrons. The van der Waals surface area contributed by atoms with Gasteiger partial charge in [-0.2, -0.15) is 0 Å². The highest BCUT2D eigenvalue weighted by molar-refractivity contribution is 5.32. The van der Waals surface area contributed by atoms with E-state index in [1.165, 1.54) is 28.8 Å². The minimum atomic E-state index is 0.618. The molecule has 1 unspecified atom stereocenters. The van der Waals surface area contributed by atoms with Gasteiger partial charge in [0.2, 0.25) is 0 Å². The maximum Gasteiger partial charge on any atom is 0.0404 e. The van der Waals surface area contributed by atoms with Crippen molar-refractivity contribution in [3.8, 4) is 0 Å². The minimum absolute atomic E-state index is 0.618. The number of rotatable bonds is 4. The van der Waals surface area contributed by atoms with Crippen LogP contribution < -0.4 is 5.32 Å². The molecule has 1 N–H and O–H groups in total. The monoisotopic (exact) mass is 266 g/mol. The van der Waals surface area contributed by atoms with Crippen molar-refractivity contribution >= 4 is 0 Å². The summed E-state index contributed by atoms with van der Waals surface area (Å²) in [5, 5.41) is 3.53. The Balaban J connectivity index is 1.66. The van der Waals surface area contributed by atoms with E-state index in [1.54, 1.807) is 0 Å². The van der Waals surface area contributed by atoms with Crippen LogP contribution in [0.4, 0.5) is 0 Å². The zero-order valence-electron chi connectivity index (χ0n) is 12.1. The summed E-state index contributed by atoms with van der Waals surface area (Å²) in [6.07, 6.45) is 5.31. The van der Waals surface area contributed by atoms with Crippen molar-refractivity contribution in [2.45, 2.75) is 38.6 Å². The molecule has 2 nitrogen and oxygen atoms in total. The highest BCUT2D eigenvalue weighted by Crippen LogP contribution is 2.27. The van der Waals surface area contributed by atoms with Crippen LogP contribution in [0.25, 0.3) is 0 Å². The molecule has 1 aliphatic rings. The first-order valence-corrected chi connectivity index (χ1v) is 7.59. The number of hydrogen-bond donors (Lipinski definition) is 1. The molecule has 0 saturated carbocycles. The van der Waals surface area contributed by atoms with Crippen molar-refractivity contribution in [3.05, 3.63) is 65.0 Å². The summed E-state index contributed by atoms with van der Waals surface area (Å²) in [5.74, 6) is 0.618. The molecule has 1 aliphatic heterocycles. The van der Waals surface area contributed by atoms with Crippen molar-refractivity contribution < 1.29 is 0 Å². The SMILES string of the molecule is CCc1ccc(CCC2CNCc3ccccc32)nc1. The normalized spacial score (nSPS) is 17.8. The lowest BCUT2D eigenvalue weighted by Gasteiger charge is -2.26. The maximum absolute atomic E-state index is 4.57. The molecule has 104 valence electrons. The van der Waals surface area contributed by atoms with Crippen LogP contribution in [0.5, 0.6) is 0 Å². The summed E-state index contributed by atoms with van der Waals surface area (Å²) in [6.45, 7) is 4.27. The molecule has 0 aliphatic carbocycles. The van der Waals surface area contributed by atoms with Crippen LogP contribution in [0.15, 0.2) is 42.6 Å². The topological polar surface area (TPSA) is 24.9 Å². The molecule has 0 spiro atoms. The van der Waals surface area contributed by atoms with Gasteiger partial charge in [0.25, 0.3) is 0 Å². The molecule has 2 heteroatoms. The fourth-order valence-electron chi connectivity index (χ4n) is 2.98. The largest absolute Gasteiger partial charge is 0.312 e. The molecule has 0 amide bonds. The molecule has 20 heavy (non-hydrogen) atoms. The van der Waals surface area contributed by atoms with Gasteiger partial charge in [-0.25, -0.2) is 0 Å². The molecule has 1 atom stereocenters. The Morgan fingerprint density at radius 2 is 2.10 bits per heavy atom. The predicted molar refractivity (Wildman–Crippen MR) is 82.8 cm³/mol. The second kappa shape index (κ2) is 6.19. The molecule has 2 aromatic rings. The second-order valence-electron chi connectivity index (χ2n) is 5.58. The van der Waals surface area contributed by atoms with E-state index in [1.807, 2.05) is 6.20 Å². The smallest absolute Gasteiger partial charge is 0.0404 e. The number of aryl methyl sites for hydroxylation is 2. The lowest BCUT2D eigenvalue weighted by Crippen LogP contribution is -2.28. The Morgan fingerprint density at radius 1 is 1.20 bits per heavy atom. The minimum Gasteiger partial charge on any atom is -0.312 e. The first-order valence-electron chi connectivity index (χ1n) is 7.59. The highest BCUT2D eigenvalue weighted by Gasteiger charge is 2.19. The van der Waals surface area contributed by atoms with E-state index < -0.39 is 0 Å². The van der Waals surface area contributed by atoms with Crippen LogP contribution >= 0.6 is 0 Å². The third-order valence-corrected chi connectivity index (χ3v) is 4.24. The number of fused-ring (bicyclic) bond motifs is 1. The lowest BCUT2D eigenvalue weighted by atomic mass is 9.87. The quantitative estimate of drug-likeness (QED) is 0.916. The van der Waals surface area contributed by atoms with E-state index in [0.29, 0.717) is 5.92 Å². The van der Waals surface area contributed by atoms with Crippen molar-refractivity contribution in [1.82, 2.24) is 10.3 Å². The van der Waals surface area contributed by atoms with E-state index in [9.17, 15) is 0 Å².